The predicted octanol–water partition coefficient (Wildman–Crippen LogP) is 3.88. The van der Waals surface area contributed by atoms with Crippen LogP contribution in [0.5, 0.6) is 17.2 Å². The highest BCUT2D eigenvalue weighted by molar-refractivity contribution is 5.94. The molecule has 1 atom stereocenters. The molecule has 0 aliphatic heterocycles. The van der Waals surface area contributed by atoms with Crippen LogP contribution in [0, 0.1) is 11.3 Å². The third kappa shape index (κ3) is 4.41. The highest BCUT2D eigenvalue weighted by atomic mass is 16.5. The molecule has 2 aromatic carbocycles. The molecule has 1 unspecified atom stereocenters. The largest absolute Gasteiger partial charge is 0.496 e. The minimum atomic E-state index is -0.819. The van der Waals surface area contributed by atoms with E-state index in [0.29, 0.717) is 28.4 Å². The summed E-state index contributed by atoms with van der Waals surface area (Å²) in [5, 5.41) is 12.2. The smallest absolute Gasteiger partial charge is 0.252 e. The van der Waals surface area contributed by atoms with E-state index >= 15 is 0 Å². The van der Waals surface area contributed by atoms with Gasteiger partial charge in [-0.1, -0.05) is 18.2 Å². The molecule has 27 heavy (non-hydrogen) atoms. The maximum atomic E-state index is 12.5. The quantitative estimate of drug-likeness (QED) is 0.722. The molecule has 6 nitrogen and oxygen atoms in total. The number of nitrogens with one attached hydrogen (secondary N) is 1. The SMILES string of the molecule is COc1ccccc1C(C#N)NC(=O)c1ccc(Oc2cccnc2)cc1. The highest BCUT2D eigenvalue weighted by Crippen LogP contribution is 2.25. The van der Waals surface area contributed by atoms with Crippen molar-refractivity contribution in [3.8, 4) is 23.3 Å². The number of nitrogens with zero attached hydrogens (tertiary/aromatic N) is 2. The summed E-state index contributed by atoms with van der Waals surface area (Å²) in [6.45, 7) is 0. The van der Waals surface area contributed by atoms with E-state index in [9.17, 15) is 10.1 Å². The topological polar surface area (TPSA) is 84.2 Å². The van der Waals surface area contributed by atoms with E-state index < -0.39 is 6.04 Å². The molecule has 0 spiro atoms. The molecular formula is C21H17N3O3. The van der Waals surface area contributed by atoms with Gasteiger partial charge in [-0.25, -0.2) is 0 Å². The Bertz CT molecular complexity index is 950. The molecule has 134 valence electrons. The van der Waals surface area contributed by atoms with Crippen molar-refractivity contribution in [2.75, 3.05) is 7.11 Å². The second-order valence-corrected chi connectivity index (χ2v) is 5.59. The van der Waals surface area contributed by atoms with Gasteiger partial charge in [0.1, 0.15) is 23.3 Å². The summed E-state index contributed by atoms with van der Waals surface area (Å²) in [6.07, 6.45) is 3.26. The number of amides is 1. The van der Waals surface area contributed by atoms with Crippen molar-refractivity contribution >= 4 is 5.91 Å². The summed E-state index contributed by atoms with van der Waals surface area (Å²) < 4.78 is 10.9. The average Bonchev–Trinajstić information content (AvgIpc) is 2.73. The first kappa shape index (κ1) is 18.0. The van der Waals surface area contributed by atoms with Gasteiger partial charge in [-0.2, -0.15) is 5.26 Å². The number of carbonyl (C=O) groups excluding carboxylic acids is 1. The summed E-state index contributed by atoms with van der Waals surface area (Å²) in [7, 11) is 1.52. The Morgan fingerprint density at radius 1 is 1.07 bits per heavy atom. The molecule has 1 N–H and O–H groups in total. The number of benzene rings is 2. The summed E-state index contributed by atoms with van der Waals surface area (Å²) in [6, 6.07) is 18.6. The molecule has 0 aliphatic rings. The van der Waals surface area contributed by atoms with Crippen LogP contribution < -0.4 is 14.8 Å². The number of nitriles is 1. The van der Waals surface area contributed by atoms with E-state index in [1.807, 2.05) is 0 Å². The third-order valence-corrected chi connectivity index (χ3v) is 3.84. The zero-order valence-corrected chi connectivity index (χ0v) is 14.6. The minimum Gasteiger partial charge on any atom is -0.496 e. The second kappa shape index (κ2) is 8.50. The van der Waals surface area contributed by atoms with Crippen LogP contribution in [-0.2, 0) is 0 Å². The van der Waals surface area contributed by atoms with Gasteiger partial charge in [0.2, 0.25) is 0 Å². The Balaban J connectivity index is 1.71. The molecule has 6 heteroatoms. The van der Waals surface area contributed by atoms with Crippen molar-refractivity contribution < 1.29 is 14.3 Å². The summed E-state index contributed by atoms with van der Waals surface area (Å²) in [5.74, 6) is 1.38. The van der Waals surface area contributed by atoms with Crippen molar-refractivity contribution in [3.63, 3.8) is 0 Å². The van der Waals surface area contributed by atoms with Crippen molar-refractivity contribution in [1.82, 2.24) is 10.3 Å². The molecular weight excluding hydrogens is 342 g/mol. The average molecular weight is 359 g/mol. The van der Waals surface area contributed by atoms with Crippen LogP contribution >= 0.6 is 0 Å². The zero-order valence-electron chi connectivity index (χ0n) is 14.6. The molecule has 1 aromatic heterocycles. The maximum Gasteiger partial charge on any atom is 0.252 e. The second-order valence-electron chi connectivity index (χ2n) is 5.59. The lowest BCUT2D eigenvalue weighted by Crippen LogP contribution is -2.27. The number of methoxy groups -OCH3 is 1. The van der Waals surface area contributed by atoms with Crippen molar-refractivity contribution in [2.45, 2.75) is 6.04 Å². The number of ether oxygens (including phenoxy) is 2. The highest BCUT2D eigenvalue weighted by Gasteiger charge is 2.18. The Morgan fingerprint density at radius 2 is 1.85 bits per heavy atom. The first-order valence-corrected chi connectivity index (χ1v) is 8.22. The molecule has 0 radical (unpaired) electrons. The molecule has 3 rings (SSSR count). The molecule has 3 aromatic rings. The van der Waals surface area contributed by atoms with Gasteiger partial charge >= 0.3 is 0 Å². The van der Waals surface area contributed by atoms with Crippen LogP contribution in [0.2, 0.25) is 0 Å². The van der Waals surface area contributed by atoms with Gasteiger partial charge in [-0.3, -0.25) is 9.78 Å². The lowest BCUT2D eigenvalue weighted by Gasteiger charge is -2.15. The Morgan fingerprint density at radius 3 is 2.52 bits per heavy atom. The van der Waals surface area contributed by atoms with Crippen LogP contribution in [0.4, 0.5) is 0 Å². The number of carbonyl (C=O) groups is 1. The van der Waals surface area contributed by atoms with Crippen LogP contribution in [0.25, 0.3) is 0 Å². The number of rotatable bonds is 6. The summed E-state index contributed by atoms with van der Waals surface area (Å²) >= 11 is 0. The fraction of sp³-hybridized carbons (Fsp3) is 0.0952. The van der Waals surface area contributed by atoms with Crippen LogP contribution in [0.1, 0.15) is 22.0 Å². The summed E-state index contributed by atoms with van der Waals surface area (Å²) in [5.41, 5.74) is 1.02. The summed E-state index contributed by atoms with van der Waals surface area (Å²) in [4.78, 5) is 16.5. The lowest BCUT2D eigenvalue weighted by atomic mass is 10.1. The van der Waals surface area contributed by atoms with Crippen molar-refractivity contribution in [2.24, 2.45) is 0 Å². The number of para-hydroxylation sites is 1. The van der Waals surface area contributed by atoms with E-state index in [1.165, 1.54) is 7.11 Å². The molecule has 0 saturated heterocycles. The maximum absolute atomic E-state index is 12.5. The van der Waals surface area contributed by atoms with Crippen molar-refractivity contribution in [1.29, 1.82) is 5.26 Å². The standard InChI is InChI=1S/C21H17N3O3/c1-26-20-7-3-2-6-18(20)19(13-22)24-21(25)15-8-10-16(11-9-15)27-17-5-4-12-23-14-17/h2-12,14,19H,1H3,(H,24,25). The van der Waals surface area contributed by atoms with Crippen LogP contribution in [0.3, 0.4) is 0 Å². The Kier molecular flexibility index (Phi) is 5.65. The molecule has 1 amide bonds. The molecule has 0 aliphatic carbocycles. The number of aromatic nitrogens is 1. The predicted molar refractivity (Wildman–Crippen MR) is 99.6 cm³/mol. The monoisotopic (exact) mass is 359 g/mol. The van der Waals surface area contributed by atoms with Gasteiger partial charge in [0.25, 0.3) is 5.91 Å². The molecule has 0 saturated carbocycles. The third-order valence-electron chi connectivity index (χ3n) is 3.84. The number of pyridine rings is 1. The zero-order chi connectivity index (χ0) is 19.1. The first-order valence-electron chi connectivity index (χ1n) is 8.22. The van der Waals surface area contributed by atoms with Crippen LogP contribution in [-0.4, -0.2) is 18.0 Å². The number of hydrogen-bond donors (Lipinski definition) is 1. The van der Waals surface area contributed by atoms with Gasteiger partial charge in [0.05, 0.1) is 19.4 Å². The van der Waals surface area contributed by atoms with E-state index in [-0.39, 0.29) is 5.91 Å². The first-order chi connectivity index (χ1) is 13.2. The van der Waals surface area contributed by atoms with Gasteiger partial charge in [-0.15, -0.1) is 0 Å². The minimum absolute atomic E-state index is 0.361. The number of hydrogen-bond acceptors (Lipinski definition) is 5. The van der Waals surface area contributed by atoms with Crippen LogP contribution in [0.15, 0.2) is 73.1 Å². The van der Waals surface area contributed by atoms with Crippen molar-refractivity contribution in [3.05, 3.63) is 84.2 Å². The molecule has 0 fully saturated rings. The van der Waals surface area contributed by atoms with E-state index in [2.05, 4.69) is 16.4 Å². The Hall–Kier alpha value is -3.85. The molecule has 1 heterocycles. The fourth-order valence-electron chi connectivity index (χ4n) is 2.52. The lowest BCUT2D eigenvalue weighted by molar-refractivity contribution is 0.0945. The Labute approximate surface area is 157 Å². The van der Waals surface area contributed by atoms with Gasteiger partial charge in [0, 0.05) is 17.3 Å². The van der Waals surface area contributed by atoms with E-state index in [0.717, 1.165) is 0 Å². The van der Waals surface area contributed by atoms with Gasteiger partial charge in [0.15, 0.2) is 0 Å². The van der Waals surface area contributed by atoms with E-state index in [4.69, 9.17) is 9.47 Å². The van der Waals surface area contributed by atoms with Gasteiger partial charge in [-0.05, 0) is 42.5 Å². The fourth-order valence-corrected chi connectivity index (χ4v) is 2.52. The van der Waals surface area contributed by atoms with E-state index in [1.54, 1.807) is 73.1 Å². The molecule has 0 bridgehead atoms. The normalized spacial score (nSPS) is 11.1. The van der Waals surface area contributed by atoms with Gasteiger partial charge < -0.3 is 14.8 Å².